The Kier molecular flexibility index (Phi) is 5.66. The third-order valence-corrected chi connectivity index (χ3v) is 2.57. The quantitative estimate of drug-likeness (QED) is 0.281. The minimum atomic E-state index is -0.481. The number of oxime groups is 1. The molecule has 1 aromatic carbocycles. The van der Waals surface area contributed by atoms with Gasteiger partial charge in [0, 0.05) is 17.6 Å². The van der Waals surface area contributed by atoms with Crippen molar-refractivity contribution in [2.75, 3.05) is 6.54 Å². The van der Waals surface area contributed by atoms with Crippen LogP contribution in [-0.2, 0) is 11.3 Å². The molecule has 6 nitrogen and oxygen atoms in total. The number of amides is 1. The zero-order valence-electron chi connectivity index (χ0n) is 12.4. The second-order valence-corrected chi connectivity index (χ2v) is 5.69. The molecule has 0 atom stereocenters. The predicted octanol–water partition coefficient (Wildman–Crippen LogP) is 0.924. The number of nitrogens with one attached hydrogen (secondary N) is 2. The highest BCUT2D eigenvalue weighted by Crippen LogP contribution is 2.11. The molecule has 1 rings (SSSR count). The van der Waals surface area contributed by atoms with E-state index in [1.54, 1.807) is 0 Å². The van der Waals surface area contributed by atoms with E-state index in [0.717, 1.165) is 0 Å². The Balaban J connectivity index is 2.66. The number of nitrogens with two attached hydrogens (primary N) is 1. The number of benzene rings is 1. The molecule has 0 aromatic heterocycles. The molecule has 0 aliphatic rings. The lowest BCUT2D eigenvalue weighted by Gasteiger charge is -2.20. The molecule has 5 N–H and O–H groups in total. The Morgan fingerprint density at radius 1 is 1.43 bits per heavy atom. The molecule has 0 aliphatic heterocycles. The number of amidine groups is 1. The second-order valence-electron chi connectivity index (χ2n) is 5.69. The average molecular weight is 296 g/mol. The van der Waals surface area contributed by atoms with E-state index in [0.29, 0.717) is 17.7 Å². The number of hydrogen-bond donors (Lipinski definition) is 4. The molecule has 0 fully saturated rings. The van der Waals surface area contributed by atoms with Gasteiger partial charge in [-0.3, -0.25) is 4.79 Å². The summed E-state index contributed by atoms with van der Waals surface area (Å²) in [6, 6.07) is 3.99. The van der Waals surface area contributed by atoms with Gasteiger partial charge in [0.2, 0.25) is 5.91 Å². The van der Waals surface area contributed by atoms with Crippen LogP contribution in [0.3, 0.4) is 0 Å². The molecular formula is C14H21FN4O2. The van der Waals surface area contributed by atoms with Crippen molar-refractivity contribution in [3.05, 3.63) is 35.1 Å². The van der Waals surface area contributed by atoms with Gasteiger partial charge in [-0.2, -0.15) is 0 Å². The third kappa shape index (κ3) is 5.78. The summed E-state index contributed by atoms with van der Waals surface area (Å²) < 4.78 is 13.2. The Morgan fingerprint density at radius 2 is 2.10 bits per heavy atom. The van der Waals surface area contributed by atoms with Crippen molar-refractivity contribution >= 4 is 11.7 Å². The molecule has 0 bridgehead atoms. The molecule has 0 saturated heterocycles. The van der Waals surface area contributed by atoms with Crippen LogP contribution in [0.1, 0.15) is 31.9 Å². The van der Waals surface area contributed by atoms with Crippen molar-refractivity contribution in [1.29, 1.82) is 0 Å². The summed E-state index contributed by atoms with van der Waals surface area (Å²) >= 11 is 0. The van der Waals surface area contributed by atoms with Crippen molar-refractivity contribution in [2.24, 2.45) is 10.9 Å². The first-order chi connectivity index (χ1) is 9.73. The maximum Gasteiger partial charge on any atom is 0.234 e. The SMILES string of the molecule is CC(C)(C)NC(=O)CNCc1ccc(F)cc1/C(N)=N/O. The highest BCUT2D eigenvalue weighted by atomic mass is 19.1. The molecule has 1 amide bonds. The topological polar surface area (TPSA) is 99.7 Å². The van der Waals surface area contributed by atoms with Gasteiger partial charge in [0.1, 0.15) is 5.82 Å². The molecule has 0 heterocycles. The van der Waals surface area contributed by atoms with Crippen LogP contribution in [0.15, 0.2) is 23.4 Å². The van der Waals surface area contributed by atoms with Crippen molar-refractivity contribution in [1.82, 2.24) is 10.6 Å². The molecule has 116 valence electrons. The lowest BCUT2D eigenvalue weighted by molar-refractivity contribution is -0.121. The van der Waals surface area contributed by atoms with E-state index in [1.165, 1.54) is 18.2 Å². The maximum atomic E-state index is 13.2. The number of carbonyl (C=O) groups is 1. The van der Waals surface area contributed by atoms with Crippen LogP contribution in [0.4, 0.5) is 4.39 Å². The van der Waals surface area contributed by atoms with Gasteiger partial charge in [0.15, 0.2) is 5.84 Å². The minimum Gasteiger partial charge on any atom is -0.409 e. The van der Waals surface area contributed by atoms with Crippen LogP contribution >= 0.6 is 0 Å². The Hall–Kier alpha value is -2.15. The first-order valence-corrected chi connectivity index (χ1v) is 6.51. The summed E-state index contributed by atoms with van der Waals surface area (Å²) in [6.45, 7) is 6.08. The Labute approximate surface area is 123 Å². The van der Waals surface area contributed by atoms with Gasteiger partial charge in [0.05, 0.1) is 6.54 Å². The monoisotopic (exact) mass is 296 g/mol. The van der Waals surface area contributed by atoms with Crippen LogP contribution in [0.25, 0.3) is 0 Å². The second kappa shape index (κ2) is 7.03. The van der Waals surface area contributed by atoms with Crippen LogP contribution < -0.4 is 16.4 Å². The Bertz CT molecular complexity index is 538. The summed E-state index contributed by atoms with van der Waals surface area (Å²) in [5.41, 5.74) is 6.13. The molecule has 0 saturated carbocycles. The molecule has 0 aliphatic carbocycles. The summed E-state index contributed by atoms with van der Waals surface area (Å²) in [4.78, 5) is 11.7. The molecule has 7 heteroatoms. The van der Waals surface area contributed by atoms with Gasteiger partial charge in [-0.25, -0.2) is 4.39 Å². The third-order valence-electron chi connectivity index (χ3n) is 2.57. The minimum absolute atomic E-state index is 0.115. The van der Waals surface area contributed by atoms with Crippen LogP contribution in [0.5, 0.6) is 0 Å². The highest BCUT2D eigenvalue weighted by Gasteiger charge is 2.14. The first kappa shape index (κ1) is 16.9. The lowest BCUT2D eigenvalue weighted by atomic mass is 10.1. The molecular weight excluding hydrogens is 275 g/mol. The maximum absolute atomic E-state index is 13.2. The average Bonchev–Trinajstić information content (AvgIpc) is 2.37. The highest BCUT2D eigenvalue weighted by molar-refractivity contribution is 5.98. The van der Waals surface area contributed by atoms with E-state index in [2.05, 4.69) is 15.8 Å². The van der Waals surface area contributed by atoms with Crippen molar-refractivity contribution in [3.8, 4) is 0 Å². The van der Waals surface area contributed by atoms with Gasteiger partial charge in [0.25, 0.3) is 0 Å². The fourth-order valence-corrected chi connectivity index (χ4v) is 1.77. The molecule has 0 spiro atoms. The van der Waals surface area contributed by atoms with Gasteiger partial charge >= 0.3 is 0 Å². The van der Waals surface area contributed by atoms with E-state index in [-0.39, 0.29) is 23.8 Å². The standard InChI is InChI=1S/C14H21FN4O2/c1-14(2,3)18-12(20)8-17-7-9-4-5-10(15)6-11(9)13(16)19-21/h4-6,17,21H,7-8H2,1-3H3,(H2,16,19)(H,18,20). The fourth-order valence-electron chi connectivity index (χ4n) is 1.77. The van der Waals surface area contributed by atoms with Gasteiger partial charge in [-0.15, -0.1) is 0 Å². The molecule has 0 unspecified atom stereocenters. The van der Waals surface area contributed by atoms with E-state index >= 15 is 0 Å². The summed E-state index contributed by atoms with van der Waals surface area (Å²) in [7, 11) is 0. The summed E-state index contributed by atoms with van der Waals surface area (Å²) in [5, 5.41) is 17.3. The number of rotatable bonds is 5. The van der Waals surface area contributed by atoms with E-state index in [4.69, 9.17) is 10.9 Å². The zero-order chi connectivity index (χ0) is 16.0. The Morgan fingerprint density at radius 3 is 2.67 bits per heavy atom. The predicted molar refractivity (Wildman–Crippen MR) is 78.5 cm³/mol. The van der Waals surface area contributed by atoms with Gasteiger partial charge in [-0.05, 0) is 38.5 Å². The van der Waals surface area contributed by atoms with Crippen molar-refractivity contribution in [2.45, 2.75) is 32.9 Å². The molecule has 21 heavy (non-hydrogen) atoms. The van der Waals surface area contributed by atoms with Gasteiger partial charge in [-0.1, -0.05) is 11.2 Å². The molecule has 1 aromatic rings. The van der Waals surface area contributed by atoms with Crippen LogP contribution in [0, 0.1) is 5.82 Å². The first-order valence-electron chi connectivity index (χ1n) is 6.51. The number of hydrogen-bond acceptors (Lipinski definition) is 4. The van der Waals surface area contributed by atoms with Gasteiger partial charge < -0.3 is 21.6 Å². The number of nitrogens with zero attached hydrogens (tertiary/aromatic N) is 1. The van der Waals surface area contributed by atoms with E-state index in [9.17, 15) is 9.18 Å². The fraction of sp³-hybridized carbons (Fsp3) is 0.429. The number of carbonyl (C=O) groups excluding carboxylic acids is 1. The smallest absolute Gasteiger partial charge is 0.234 e. The van der Waals surface area contributed by atoms with Crippen molar-refractivity contribution in [3.63, 3.8) is 0 Å². The van der Waals surface area contributed by atoms with Crippen molar-refractivity contribution < 1.29 is 14.4 Å². The van der Waals surface area contributed by atoms with Crippen LogP contribution in [0.2, 0.25) is 0 Å². The summed E-state index contributed by atoms with van der Waals surface area (Å²) in [6.07, 6.45) is 0. The number of halogens is 1. The van der Waals surface area contributed by atoms with E-state index in [1.807, 2.05) is 20.8 Å². The van der Waals surface area contributed by atoms with Crippen LogP contribution in [-0.4, -0.2) is 29.0 Å². The largest absolute Gasteiger partial charge is 0.409 e. The normalized spacial score (nSPS) is 12.3. The summed E-state index contributed by atoms with van der Waals surface area (Å²) in [5.74, 6) is -0.800. The lowest BCUT2D eigenvalue weighted by Crippen LogP contribution is -2.44. The zero-order valence-corrected chi connectivity index (χ0v) is 12.4. The molecule has 0 radical (unpaired) electrons. The van der Waals surface area contributed by atoms with E-state index < -0.39 is 5.82 Å².